The van der Waals surface area contributed by atoms with Crippen molar-refractivity contribution >= 4 is 11.8 Å². The lowest BCUT2D eigenvalue weighted by atomic mass is 10.1. The van der Waals surface area contributed by atoms with Crippen molar-refractivity contribution < 1.29 is 14.3 Å². The molecule has 1 aromatic rings. The zero-order chi connectivity index (χ0) is 15.2. The molecular weight excluding hydrogens is 268 g/mol. The third kappa shape index (κ3) is 4.21. The van der Waals surface area contributed by atoms with Gasteiger partial charge in [0.15, 0.2) is 0 Å². The molecule has 1 heterocycles. The summed E-state index contributed by atoms with van der Waals surface area (Å²) in [6.07, 6.45) is 1.23. The highest BCUT2D eigenvalue weighted by Gasteiger charge is 2.20. The van der Waals surface area contributed by atoms with E-state index < -0.39 is 0 Å². The van der Waals surface area contributed by atoms with Crippen LogP contribution < -0.4 is 4.74 Å². The van der Waals surface area contributed by atoms with E-state index in [9.17, 15) is 9.59 Å². The van der Waals surface area contributed by atoms with Crippen molar-refractivity contribution in [1.29, 1.82) is 0 Å². The standard InChI is InChI=1S/C16H22N2O3/c1-13(19)17-8-3-9-18(11-10-17)16(20)12-14-4-6-15(21-2)7-5-14/h4-7H,3,8-12H2,1-2H3. The molecule has 0 radical (unpaired) electrons. The second-order valence-electron chi connectivity index (χ2n) is 5.27. The Morgan fingerprint density at radius 1 is 1.05 bits per heavy atom. The van der Waals surface area contributed by atoms with E-state index in [4.69, 9.17) is 4.74 Å². The van der Waals surface area contributed by atoms with Crippen LogP contribution in [-0.2, 0) is 16.0 Å². The maximum absolute atomic E-state index is 12.3. The van der Waals surface area contributed by atoms with Gasteiger partial charge in [-0.2, -0.15) is 0 Å². The quantitative estimate of drug-likeness (QED) is 0.843. The highest BCUT2D eigenvalue weighted by Crippen LogP contribution is 2.13. The Balaban J connectivity index is 1.91. The third-order valence-corrected chi connectivity index (χ3v) is 3.81. The number of hydrogen-bond donors (Lipinski definition) is 0. The Bertz CT molecular complexity index is 499. The molecule has 21 heavy (non-hydrogen) atoms. The number of hydrogen-bond acceptors (Lipinski definition) is 3. The van der Waals surface area contributed by atoms with Crippen molar-refractivity contribution in [1.82, 2.24) is 9.80 Å². The van der Waals surface area contributed by atoms with E-state index in [0.717, 1.165) is 30.8 Å². The van der Waals surface area contributed by atoms with Crippen LogP contribution in [0.4, 0.5) is 0 Å². The summed E-state index contributed by atoms with van der Waals surface area (Å²) in [7, 11) is 1.62. The van der Waals surface area contributed by atoms with Gasteiger partial charge in [0.25, 0.3) is 0 Å². The number of carbonyl (C=O) groups is 2. The zero-order valence-corrected chi connectivity index (χ0v) is 12.7. The summed E-state index contributed by atoms with van der Waals surface area (Å²) in [6, 6.07) is 7.55. The Labute approximate surface area is 125 Å². The first-order chi connectivity index (χ1) is 10.1. The van der Waals surface area contributed by atoms with E-state index in [2.05, 4.69) is 0 Å². The molecule has 0 saturated carbocycles. The third-order valence-electron chi connectivity index (χ3n) is 3.81. The number of rotatable bonds is 3. The summed E-state index contributed by atoms with van der Waals surface area (Å²) in [5.41, 5.74) is 0.980. The molecule has 0 N–H and O–H groups in total. The maximum atomic E-state index is 12.3. The Morgan fingerprint density at radius 3 is 2.29 bits per heavy atom. The molecule has 0 unspecified atom stereocenters. The van der Waals surface area contributed by atoms with E-state index >= 15 is 0 Å². The number of ether oxygens (including phenoxy) is 1. The summed E-state index contributed by atoms with van der Waals surface area (Å²) in [4.78, 5) is 27.4. The summed E-state index contributed by atoms with van der Waals surface area (Å²) >= 11 is 0. The van der Waals surface area contributed by atoms with Crippen molar-refractivity contribution in [2.45, 2.75) is 19.8 Å². The maximum Gasteiger partial charge on any atom is 0.227 e. The molecule has 0 atom stereocenters. The average molecular weight is 290 g/mol. The molecule has 1 saturated heterocycles. The van der Waals surface area contributed by atoms with Gasteiger partial charge in [0.2, 0.25) is 11.8 Å². The minimum Gasteiger partial charge on any atom is -0.497 e. The van der Waals surface area contributed by atoms with Crippen LogP contribution in [0.2, 0.25) is 0 Å². The number of methoxy groups -OCH3 is 1. The molecule has 2 rings (SSSR count). The summed E-state index contributed by atoms with van der Waals surface area (Å²) in [6.45, 7) is 4.29. The molecule has 1 fully saturated rings. The van der Waals surface area contributed by atoms with Crippen LogP contribution in [0.1, 0.15) is 18.9 Å². The van der Waals surface area contributed by atoms with Gasteiger partial charge < -0.3 is 14.5 Å². The van der Waals surface area contributed by atoms with E-state index in [-0.39, 0.29) is 11.8 Å². The van der Waals surface area contributed by atoms with Gasteiger partial charge in [0.1, 0.15) is 5.75 Å². The van der Waals surface area contributed by atoms with E-state index in [1.165, 1.54) is 0 Å². The second-order valence-corrected chi connectivity index (χ2v) is 5.27. The molecule has 0 aromatic heterocycles. The van der Waals surface area contributed by atoms with Crippen LogP contribution >= 0.6 is 0 Å². The molecule has 114 valence electrons. The molecule has 1 aliphatic rings. The van der Waals surface area contributed by atoms with Gasteiger partial charge in [-0.15, -0.1) is 0 Å². The van der Waals surface area contributed by atoms with E-state index in [1.54, 1.807) is 18.9 Å². The lowest BCUT2D eigenvalue weighted by Crippen LogP contribution is -2.37. The first kappa shape index (κ1) is 15.4. The average Bonchev–Trinajstić information content (AvgIpc) is 2.74. The number of carbonyl (C=O) groups excluding carboxylic acids is 2. The molecule has 0 spiro atoms. The summed E-state index contributed by atoms with van der Waals surface area (Å²) < 4.78 is 5.11. The fourth-order valence-electron chi connectivity index (χ4n) is 2.51. The minimum atomic E-state index is 0.0828. The topological polar surface area (TPSA) is 49.9 Å². The van der Waals surface area contributed by atoms with Gasteiger partial charge in [-0.25, -0.2) is 0 Å². The molecular formula is C16H22N2O3. The lowest BCUT2D eigenvalue weighted by Gasteiger charge is -2.21. The molecule has 5 nitrogen and oxygen atoms in total. The predicted octanol–water partition coefficient (Wildman–Crippen LogP) is 1.32. The number of benzene rings is 1. The predicted molar refractivity (Wildman–Crippen MR) is 80.1 cm³/mol. The molecule has 2 amide bonds. The fourth-order valence-corrected chi connectivity index (χ4v) is 2.51. The van der Waals surface area contributed by atoms with Gasteiger partial charge >= 0.3 is 0 Å². The SMILES string of the molecule is COc1ccc(CC(=O)N2CCCN(C(C)=O)CC2)cc1. The Morgan fingerprint density at radius 2 is 1.67 bits per heavy atom. The first-order valence-electron chi connectivity index (χ1n) is 7.26. The zero-order valence-electron chi connectivity index (χ0n) is 12.7. The van der Waals surface area contributed by atoms with E-state index in [1.807, 2.05) is 29.2 Å². The Hall–Kier alpha value is -2.04. The van der Waals surface area contributed by atoms with Gasteiger partial charge in [-0.1, -0.05) is 12.1 Å². The van der Waals surface area contributed by atoms with Crippen LogP contribution in [-0.4, -0.2) is 54.9 Å². The van der Waals surface area contributed by atoms with Gasteiger partial charge in [0, 0.05) is 33.1 Å². The smallest absolute Gasteiger partial charge is 0.227 e. The van der Waals surface area contributed by atoms with E-state index in [0.29, 0.717) is 19.5 Å². The van der Waals surface area contributed by atoms with Crippen molar-refractivity contribution in [2.24, 2.45) is 0 Å². The van der Waals surface area contributed by atoms with Crippen LogP contribution in [0.25, 0.3) is 0 Å². The number of amides is 2. The first-order valence-corrected chi connectivity index (χ1v) is 7.26. The van der Waals surface area contributed by atoms with Gasteiger partial charge in [-0.05, 0) is 24.1 Å². The highest BCUT2D eigenvalue weighted by molar-refractivity contribution is 5.79. The molecule has 1 aromatic carbocycles. The minimum absolute atomic E-state index is 0.0828. The fraction of sp³-hybridized carbons (Fsp3) is 0.500. The largest absolute Gasteiger partial charge is 0.497 e. The van der Waals surface area contributed by atoms with Crippen LogP contribution in [0, 0.1) is 0 Å². The molecule has 5 heteroatoms. The van der Waals surface area contributed by atoms with Crippen molar-refractivity contribution in [3.05, 3.63) is 29.8 Å². The normalized spacial score (nSPS) is 15.5. The highest BCUT2D eigenvalue weighted by atomic mass is 16.5. The molecule has 1 aliphatic heterocycles. The summed E-state index contributed by atoms with van der Waals surface area (Å²) in [5.74, 6) is 0.989. The Kier molecular flexibility index (Phi) is 5.20. The van der Waals surface area contributed by atoms with Crippen molar-refractivity contribution in [3.63, 3.8) is 0 Å². The molecule has 0 bridgehead atoms. The van der Waals surface area contributed by atoms with Crippen LogP contribution in [0.15, 0.2) is 24.3 Å². The second kappa shape index (κ2) is 7.11. The molecule has 0 aliphatic carbocycles. The van der Waals surface area contributed by atoms with Crippen molar-refractivity contribution in [3.8, 4) is 5.75 Å². The van der Waals surface area contributed by atoms with Crippen LogP contribution in [0.5, 0.6) is 5.75 Å². The monoisotopic (exact) mass is 290 g/mol. The van der Waals surface area contributed by atoms with Gasteiger partial charge in [0.05, 0.1) is 13.5 Å². The van der Waals surface area contributed by atoms with Crippen LogP contribution in [0.3, 0.4) is 0 Å². The van der Waals surface area contributed by atoms with Gasteiger partial charge in [-0.3, -0.25) is 9.59 Å². The number of nitrogens with zero attached hydrogens (tertiary/aromatic N) is 2. The summed E-state index contributed by atoms with van der Waals surface area (Å²) in [5, 5.41) is 0. The van der Waals surface area contributed by atoms with Crippen molar-refractivity contribution in [2.75, 3.05) is 33.3 Å². The lowest BCUT2D eigenvalue weighted by molar-refractivity contribution is -0.132.